The van der Waals surface area contributed by atoms with E-state index >= 15 is 0 Å². The van der Waals surface area contributed by atoms with E-state index < -0.39 is 0 Å². The van der Waals surface area contributed by atoms with E-state index in [-0.39, 0.29) is 12.5 Å². The molecule has 5 rings (SSSR count). The lowest BCUT2D eigenvalue weighted by molar-refractivity contribution is 0.0935. The number of carbonyl (C=O) groups excluding carboxylic acids is 1. The van der Waals surface area contributed by atoms with Crippen molar-refractivity contribution < 1.29 is 9.90 Å². The van der Waals surface area contributed by atoms with Crippen LogP contribution in [-0.2, 0) is 13.1 Å². The van der Waals surface area contributed by atoms with E-state index in [0.29, 0.717) is 48.9 Å². The van der Waals surface area contributed by atoms with Gasteiger partial charge in [0.15, 0.2) is 11.6 Å². The Morgan fingerprint density at radius 1 is 1.14 bits per heavy atom. The molecule has 0 spiro atoms. The van der Waals surface area contributed by atoms with Crippen molar-refractivity contribution in [1.82, 2.24) is 40.3 Å². The summed E-state index contributed by atoms with van der Waals surface area (Å²) in [5, 5.41) is 28.7. The van der Waals surface area contributed by atoms with E-state index in [9.17, 15) is 9.90 Å². The highest BCUT2D eigenvalue weighted by Gasteiger charge is 2.25. The molecule has 2 fully saturated rings. The number of aliphatic hydroxyl groups excluding tert-OH is 1. The van der Waals surface area contributed by atoms with Gasteiger partial charge in [-0.25, -0.2) is 9.97 Å². The van der Waals surface area contributed by atoms with E-state index in [4.69, 9.17) is 0 Å². The average molecular weight is 576 g/mol. The van der Waals surface area contributed by atoms with Crippen molar-refractivity contribution in [1.29, 1.82) is 0 Å². The highest BCUT2D eigenvalue weighted by molar-refractivity contribution is 5.95. The summed E-state index contributed by atoms with van der Waals surface area (Å²) in [6, 6.07) is 9.88. The van der Waals surface area contributed by atoms with Crippen LogP contribution in [0.5, 0.6) is 0 Å². The molecule has 2 aliphatic heterocycles. The van der Waals surface area contributed by atoms with Crippen LogP contribution < -0.4 is 16.0 Å². The molecule has 0 saturated carbocycles. The van der Waals surface area contributed by atoms with Gasteiger partial charge in [-0.3, -0.25) is 9.69 Å². The number of anilines is 1. The minimum Gasteiger partial charge on any atom is -0.396 e. The van der Waals surface area contributed by atoms with Crippen LogP contribution in [0.4, 0.5) is 5.69 Å². The van der Waals surface area contributed by atoms with E-state index in [1.54, 1.807) is 6.20 Å². The first-order chi connectivity index (χ1) is 20.7. The SMILES string of the molecule is CCC1CNCCC1CNC(=O)c1cccc(NCc2nnc(-c3ccncn3)n2CCN2CCCCC2CCO)c1. The lowest BCUT2D eigenvalue weighted by Crippen LogP contribution is -2.42. The van der Waals surface area contributed by atoms with Crippen LogP contribution in [0.25, 0.3) is 11.5 Å². The second-order valence-electron chi connectivity index (χ2n) is 11.4. The van der Waals surface area contributed by atoms with Gasteiger partial charge >= 0.3 is 0 Å². The number of piperidine rings is 2. The molecule has 226 valence electrons. The van der Waals surface area contributed by atoms with Crippen molar-refractivity contribution in [3.05, 3.63) is 54.2 Å². The second kappa shape index (κ2) is 15.2. The first-order valence-electron chi connectivity index (χ1n) is 15.5. The largest absolute Gasteiger partial charge is 0.396 e. The summed E-state index contributed by atoms with van der Waals surface area (Å²) in [5.41, 5.74) is 2.23. The Balaban J connectivity index is 1.25. The Kier molecular flexibility index (Phi) is 10.9. The summed E-state index contributed by atoms with van der Waals surface area (Å²) in [6.07, 6.45) is 9.77. The van der Waals surface area contributed by atoms with Crippen molar-refractivity contribution in [2.45, 2.75) is 64.6 Å². The lowest BCUT2D eigenvalue weighted by atomic mass is 9.84. The van der Waals surface area contributed by atoms with Crippen LogP contribution in [-0.4, -0.2) is 86.0 Å². The molecule has 4 N–H and O–H groups in total. The molecule has 0 aliphatic carbocycles. The van der Waals surface area contributed by atoms with Crippen LogP contribution in [0.1, 0.15) is 61.6 Å². The first kappa shape index (κ1) is 30.1. The molecule has 11 heteroatoms. The second-order valence-corrected chi connectivity index (χ2v) is 11.4. The number of aliphatic hydroxyl groups is 1. The predicted molar refractivity (Wildman–Crippen MR) is 163 cm³/mol. The van der Waals surface area contributed by atoms with Gasteiger partial charge in [0.05, 0.1) is 6.54 Å². The summed E-state index contributed by atoms with van der Waals surface area (Å²) >= 11 is 0. The number of rotatable bonds is 13. The fourth-order valence-electron chi connectivity index (χ4n) is 6.37. The summed E-state index contributed by atoms with van der Waals surface area (Å²) in [7, 11) is 0. The molecule has 2 saturated heterocycles. The zero-order valence-electron chi connectivity index (χ0n) is 24.7. The summed E-state index contributed by atoms with van der Waals surface area (Å²) in [6.45, 7) is 8.24. The summed E-state index contributed by atoms with van der Waals surface area (Å²) < 4.78 is 2.12. The number of hydrogen-bond acceptors (Lipinski definition) is 9. The quantitative estimate of drug-likeness (QED) is 0.243. The van der Waals surface area contributed by atoms with Gasteiger partial charge in [-0.1, -0.05) is 25.8 Å². The number of hydrogen-bond donors (Lipinski definition) is 4. The van der Waals surface area contributed by atoms with Crippen molar-refractivity contribution >= 4 is 11.6 Å². The monoisotopic (exact) mass is 575 g/mol. The number of carbonyl (C=O) groups is 1. The maximum atomic E-state index is 13.0. The molecule has 4 heterocycles. The zero-order chi connectivity index (χ0) is 29.1. The number of likely N-dealkylation sites (tertiary alicyclic amines) is 1. The van der Waals surface area contributed by atoms with Gasteiger partial charge in [-0.2, -0.15) is 0 Å². The van der Waals surface area contributed by atoms with Crippen LogP contribution in [0.2, 0.25) is 0 Å². The Morgan fingerprint density at radius 3 is 2.90 bits per heavy atom. The van der Waals surface area contributed by atoms with Gasteiger partial charge in [0.1, 0.15) is 12.0 Å². The smallest absolute Gasteiger partial charge is 0.251 e. The van der Waals surface area contributed by atoms with Crippen LogP contribution in [0, 0.1) is 11.8 Å². The Morgan fingerprint density at radius 2 is 2.07 bits per heavy atom. The molecule has 1 aromatic carbocycles. The number of aromatic nitrogens is 5. The molecule has 3 atom stereocenters. The van der Waals surface area contributed by atoms with E-state index in [1.165, 1.54) is 19.2 Å². The molecule has 2 aliphatic rings. The molecular formula is C31H45N9O2. The molecule has 0 bridgehead atoms. The minimum atomic E-state index is -0.0415. The molecule has 1 amide bonds. The number of nitrogens with zero attached hydrogens (tertiary/aromatic N) is 6. The van der Waals surface area contributed by atoms with E-state index in [1.807, 2.05) is 30.3 Å². The highest BCUT2D eigenvalue weighted by atomic mass is 16.3. The number of benzene rings is 1. The molecule has 11 nitrogen and oxygen atoms in total. The lowest BCUT2D eigenvalue weighted by Gasteiger charge is -2.35. The van der Waals surface area contributed by atoms with Crippen LogP contribution in [0.15, 0.2) is 42.9 Å². The van der Waals surface area contributed by atoms with Crippen molar-refractivity contribution in [2.75, 3.05) is 44.6 Å². The average Bonchev–Trinajstić information content (AvgIpc) is 3.45. The maximum Gasteiger partial charge on any atom is 0.251 e. The van der Waals surface area contributed by atoms with Gasteiger partial charge in [0, 0.05) is 49.7 Å². The van der Waals surface area contributed by atoms with Gasteiger partial charge in [-0.15, -0.1) is 10.2 Å². The third-order valence-electron chi connectivity index (χ3n) is 8.85. The molecule has 42 heavy (non-hydrogen) atoms. The number of amides is 1. The van der Waals surface area contributed by atoms with Crippen molar-refractivity contribution in [3.63, 3.8) is 0 Å². The summed E-state index contributed by atoms with van der Waals surface area (Å²) in [5.74, 6) is 2.58. The minimum absolute atomic E-state index is 0.0415. The van der Waals surface area contributed by atoms with E-state index in [0.717, 1.165) is 69.1 Å². The maximum absolute atomic E-state index is 13.0. The van der Waals surface area contributed by atoms with Gasteiger partial charge in [0.2, 0.25) is 0 Å². The Bertz CT molecular complexity index is 1270. The fraction of sp³-hybridized carbons (Fsp3) is 0.581. The standard InChI is InChI=1S/C31H45N9O2/c1-2-23-19-32-12-9-25(23)20-35-31(42)24-6-5-7-26(18-24)34-21-29-37-38-30(28-10-13-33-22-36-28)40(29)16-15-39-14-4-3-8-27(39)11-17-41/h5-7,10,13,18,22-23,25,27,32,34,41H,2-4,8-9,11-12,14-17,19-21H2,1H3,(H,35,42). The predicted octanol–water partition coefficient (Wildman–Crippen LogP) is 2.95. The molecular weight excluding hydrogens is 530 g/mol. The highest BCUT2D eigenvalue weighted by Crippen LogP contribution is 2.23. The first-order valence-corrected chi connectivity index (χ1v) is 15.5. The third-order valence-corrected chi connectivity index (χ3v) is 8.85. The van der Waals surface area contributed by atoms with Crippen molar-refractivity contribution in [3.8, 4) is 11.5 Å². The molecule has 2 aromatic heterocycles. The Hall–Kier alpha value is -3.41. The third kappa shape index (κ3) is 7.70. The molecule has 3 aromatic rings. The van der Waals surface area contributed by atoms with Crippen LogP contribution >= 0.6 is 0 Å². The topological polar surface area (TPSA) is 133 Å². The van der Waals surface area contributed by atoms with Gasteiger partial charge < -0.3 is 25.6 Å². The normalized spacial score (nSPS) is 21.2. The zero-order valence-corrected chi connectivity index (χ0v) is 24.7. The van der Waals surface area contributed by atoms with E-state index in [2.05, 4.69) is 52.5 Å². The number of nitrogens with one attached hydrogen (secondary N) is 3. The van der Waals surface area contributed by atoms with Gasteiger partial charge in [-0.05, 0) is 81.4 Å². The summed E-state index contributed by atoms with van der Waals surface area (Å²) in [4.78, 5) is 24.0. The molecule has 3 unspecified atom stereocenters. The molecule has 0 radical (unpaired) electrons. The fourth-order valence-corrected chi connectivity index (χ4v) is 6.37. The Labute approximate surface area is 248 Å². The van der Waals surface area contributed by atoms with Crippen molar-refractivity contribution in [2.24, 2.45) is 11.8 Å². The van der Waals surface area contributed by atoms with Gasteiger partial charge in [0.25, 0.3) is 5.91 Å². The van der Waals surface area contributed by atoms with Crippen LogP contribution in [0.3, 0.4) is 0 Å².